The van der Waals surface area contributed by atoms with Crippen LogP contribution in [-0.2, 0) is 12.1 Å². The van der Waals surface area contributed by atoms with Crippen LogP contribution in [0.4, 0.5) is 11.5 Å². The summed E-state index contributed by atoms with van der Waals surface area (Å²) in [5.74, 6) is 1.15. The number of hydrogen-bond acceptors (Lipinski definition) is 7. The highest BCUT2D eigenvalue weighted by Gasteiger charge is 2.20. The third-order valence-corrected chi connectivity index (χ3v) is 4.48. The number of nitrogens with two attached hydrogens (primary N) is 1. The smallest absolute Gasteiger partial charge is 0.155 e. The Morgan fingerprint density at radius 3 is 2.68 bits per heavy atom. The lowest BCUT2D eigenvalue weighted by Crippen LogP contribution is -2.15. The molecule has 28 heavy (non-hydrogen) atoms. The third-order valence-electron chi connectivity index (χ3n) is 4.48. The van der Waals surface area contributed by atoms with Crippen molar-refractivity contribution >= 4 is 22.3 Å². The maximum atomic E-state index is 10.0. The fraction of sp³-hybridized carbons (Fsp3) is 0.200. The molecule has 4 rings (SSSR count). The lowest BCUT2D eigenvalue weighted by Gasteiger charge is -2.12. The Bertz CT molecular complexity index is 1110. The summed E-state index contributed by atoms with van der Waals surface area (Å²) < 4.78 is 1.55. The second-order valence-electron chi connectivity index (χ2n) is 7.08. The van der Waals surface area contributed by atoms with Gasteiger partial charge in [-0.05, 0) is 37.6 Å². The number of pyridine rings is 2. The van der Waals surface area contributed by atoms with Crippen LogP contribution < -0.4 is 11.1 Å². The second kappa shape index (κ2) is 6.90. The van der Waals surface area contributed by atoms with Gasteiger partial charge in [-0.3, -0.25) is 0 Å². The summed E-state index contributed by atoms with van der Waals surface area (Å²) in [6.07, 6.45) is 5.17. The van der Waals surface area contributed by atoms with E-state index < -0.39 is 5.60 Å². The molecule has 0 unspecified atom stereocenters. The molecule has 4 aromatic rings. The van der Waals surface area contributed by atoms with Crippen molar-refractivity contribution in [1.29, 1.82) is 0 Å². The first kappa shape index (κ1) is 17.9. The quantitative estimate of drug-likeness (QED) is 0.491. The fourth-order valence-corrected chi connectivity index (χ4v) is 2.89. The van der Waals surface area contributed by atoms with Crippen molar-refractivity contribution in [1.82, 2.24) is 25.0 Å². The molecule has 3 heterocycles. The predicted molar refractivity (Wildman–Crippen MR) is 108 cm³/mol. The summed E-state index contributed by atoms with van der Waals surface area (Å²) in [7, 11) is 0. The van der Waals surface area contributed by atoms with E-state index in [0.29, 0.717) is 23.9 Å². The van der Waals surface area contributed by atoms with Gasteiger partial charge < -0.3 is 16.2 Å². The van der Waals surface area contributed by atoms with Crippen LogP contribution in [0.3, 0.4) is 0 Å². The minimum atomic E-state index is -1.04. The molecule has 4 N–H and O–H groups in total. The van der Waals surface area contributed by atoms with E-state index in [1.165, 1.54) is 0 Å². The van der Waals surface area contributed by atoms with Gasteiger partial charge in [-0.1, -0.05) is 23.4 Å². The summed E-state index contributed by atoms with van der Waals surface area (Å²) in [5.41, 5.74) is 7.41. The molecule has 142 valence electrons. The molecular weight excluding hydrogens is 354 g/mol. The molecular formula is C20H21N7O. The molecule has 0 aliphatic heterocycles. The number of benzene rings is 1. The lowest BCUT2D eigenvalue weighted by molar-refractivity contribution is 0.0737. The maximum absolute atomic E-state index is 10.0. The van der Waals surface area contributed by atoms with E-state index in [0.717, 1.165) is 22.0 Å². The van der Waals surface area contributed by atoms with E-state index in [1.807, 2.05) is 36.4 Å². The summed E-state index contributed by atoms with van der Waals surface area (Å²) in [6, 6.07) is 11.7. The van der Waals surface area contributed by atoms with E-state index in [-0.39, 0.29) is 0 Å². The van der Waals surface area contributed by atoms with Crippen LogP contribution in [0.25, 0.3) is 16.6 Å². The van der Waals surface area contributed by atoms with E-state index in [1.54, 1.807) is 37.1 Å². The first-order chi connectivity index (χ1) is 13.4. The van der Waals surface area contributed by atoms with Gasteiger partial charge in [-0.15, -0.1) is 5.10 Å². The van der Waals surface area contributed by atoms with E-state index in [9.17, 15) is 5.11 Å². The van der Waals surface area contributed by atoms with Gasteiger partial charge in [0.15, 0.2) is 5.82 Å². The van der Waals surface area contributed by atoms with Crippen LogP contribution in [0, 0.1) is 0 Å². The molecule has 0 radical (unpaired) electrons. The van der Waals surface area contributed by atoms with Crippen LogP contribution in [0.5, 0.6) is 0 Å². The van der Waals surface area contributed by atoms with Crippen molar-refractivity contribution in [2.75, 3.05) is 11.1 Å². The van der Waals surface area contributed by atoms with E-state index in [4.69, 9.17) is 5.73 Å². The Balaban J connectivity index is 1.50. The van der Waals surface area contributed by atoms with Crippen LogP contribution in [0.1, 0.15) is 25.1 Å². The lowest BCUT2D eigenvalue weighted by atomic mass is 10.1. The molecule has 0 bridgehead atoms. The maximum Gasteiger partial charge on any atom is 0.155 e. The molecule has 1 aromatic carbocycles. The van der Waals surface area contributed by atoms with Crippen LogP contribution >= 0.6 is 0 Å². The highest BCUT2D eigenvalue weighted by atomic mass is 16.3. The molecule has 0 atom stereocenters. The van der Waals surface area contributed by atoms with Gasteiger partial charge in [-0.2, -0.15) is 0 Å². The van der Waals surface area contributed by atoms with Crippen molar-refractivity contribution in [2.45, 2.75) is 26.0 Å². The number of nitrogen functional groups attached to an aromatic ring is 1. The van der Waals surface area contributed by atoms with Gasteiger partial charge in [0, 0.05) is 35.4 Å². The van der Waals surface area contributed by atoms with Crippen LogP contribution in [0.2, 0.25) is 0 Å². The highest BCUT2D eigenvalue weighted by Crippen LogP contribution is 2.26. The molecule has 0 saturated heterocycles. The SMILES string of the molecule is CC(C)(O)c1cn(-c2ccc(CNc3cccc4c(N)nccc34)cn2)nn1. The normalized spacial score (nSPS) is 11.7. The number of hydrogen-bond donors (Lipinski definition) is 3. The molecule has 8 heteroatoms. The number of nitrogens with zero attached hydrogens (tertiary/aromatic N) is 5. The summed E-state index contributed by atoms with van der Waals surface area (Å²) in [6.45, 7) is 3.95. The zero-order valence-corrected chi connectivity index (χ0v) is 15.7. The summed E-state index contributed by atoms with van der Waals surface area (Å²) >= 11 is 0. The van der Waals surface area contributed by atoms with Crippen molar-refractivity contribution in [3.05, 3.63) is 66.2 Å². The number of rotatable bonds is 5. The molecule has 3 aromatic heterocycles. The van der Waals surface area contributed by atoms with Gasteiger partial charge in [0.1, 0.15) is 17.1 Å². The van der Waals surface area contributed by atoms with Gasteiger partial charge in [0.05, 0.1) is 6.20 Å². The van der Waals surface area contributed by atoms with E-state index >= 15 is 0 Å². The zero-order chi connectivity index (χ0) is 19.7. The molecule has 0 spiro atoms. The van der Waals surface area contributed by atoms with Crippen molar-refractivity contribution < 1.29 is 5.11 Å². The number of nitrogens with one attached hydrogen (secondary N) is 1. The Morgan fingerprint density at radius 2 is 1.96 bits per heavy atom. The van der Waals surface area contributed by atoms with Crippen LogP contribution in [-0.4, -0.2) is 30.1 Å². The fourth-order valence-electron chi connectivity index (χ4n) is 2.89. The predicted octanol–water partition coefficient (Wildman–Crippen LogP) is 2.63. The summed E-state index contributed by atoms with van der Waals surface area (Å²) in [5, 5.41) is 23.4. The molecule has 0 aliphatic carbocycles. The minimum Gasteiger partial charge on any atom is -0.384 e. The van der Waals surface area contributed by atoms with E-state index in [2.05, 4.69) is 25.6 Å². The molecule has 0 amide bonds. The summed E-state index contributed by atoms with van der Waals surface area (Å²) in [4.78, 5) is 8.57. The zero-order valence-electron chi connectivity index (χ0n) is 15.7. The number of anilines is 2. The van der Waals surface area contributed by atoms with Crippen molar-refractivity contribution in [3.8, 4) is 5.82 Å². The first-order valence-corrected chi connectivity index (χ1v) is 8.89. The van der Waals surface area contributed by atoms with Gasteiger partial charge in [-0.25, -0.2) is 14.6 Å². The average Bonchev–Trinajstić information content (AvgIpc) is 3.18. The van der Waals surface area contributed by atoms with Gasteiger partial charge in [0.2, 0.25) is 0 Å². The molecule has 8 nitrogen and oxygen atoms in total. The Labute approximate surface area is 162 Å². The first-order valence-electron chi connectivity index (χ1n) is 8.89. The number of aliphatic hydroxyl groups is 1. The Morgan fingerprint density at radius 1 is 1.11 bits per heavy atom. The average molecular weight is 375 g/mol. The molecule has 0 saturated carbocycles. The highest BCUT2D eigenvalue weighted by molar-refractivity contribution is 5.99. The Kier molecular flexibility index (Phi) is 4.40. The number of aromatic nitrogens is 5. The Hall–Kier alpha value is -3.52. The molecule has 0 fully saturated rings. The van der Waals surface area contributed by atoms with Gasteiger partial charge >= 0.3 is 0 Å². The third kappa shape index (κ3) is 3.49. The second-order valence-corrected chi connectivity index (χ2v) is 7.08. The standard InChI is InChI=1S/C20H21N7O/c1-20(2,28)17-12-27(26-25-17)18-7-6-13(11-24-18)10-23-16-5-3-4-15-14(16)8-9-22-19(15)21/h3-9,11-12,23,28H,10H2,1-2H3,(H2,21,22). The minimum absolute atomic E-state index is 0.491. The number of fused-ring (bicyclic) bond motifs is 1. The van der Waals surface area contributed by atoms with Crippen molar-refractivity contribution in [2.24, 2.45) is 0 Å². The topological polar surface area (TPSA) is 115 Å². The van der Waals surface area contributed by atoms with Crippen LogP contribution in [0.15, 0.2) is 55.0 Å². The van der Waals surface area contributed by atoms with Gasteiger partial charge in [0.25, 0.3) is 0 Å². The monoisotopic (exact) mass is 375 g/mol. The van der Waals surface area contributed by atoms with Crippen molar-refractivity contribution in [3.63, 3.8) is 0 Å². The molecule has 0 aliphatic rings. The largest absolute Gasteiger partial charge is 0.384 e.